The van der Waals surface area contributed by atoms with Gasteiger partial charge in [-0.3, -0.25) is 0 Å². The molecule has 2 rings (SSSR count). The van der Waals surface area contributed by atoms with E-state index in [0.29, 0.717) is 17.5 Å². The number of carboxylic acid groups (broad SMARTS) is 1. The molecule has 1 aromatic rings. The molecule has 1 aliphatic carbocycles. The predicted octanol–water partition coefficient (Wildman–Crippen LogP) is 4.15. The van der Waals surface area contributed by atoms with Gasteiger partial charge in [-0.25, -0.2) is 4.79 Å². The average molecular weight is 357 g/mol. The number of carbonyl (C=O) groups is 1. The number of aliphatic hydroxyl groups is 1. The number of nitrogens with zero attached hydrogens (tertiary/aromatic N) is 1. The predicted molar refractivity (Wildman–Crippen MR) is 105 cm³/mol. The molecule has 1 aliphatic rings. The molecule has 0 aliphatic heterocycles. The first-order chi connectivity index (χ1) is 12.5. The van der Waals surface area contributed by atoms with Gasteiger partial charge in [0.1, 0.15) is 0 Å². The molecular weight excluding hydrogens is 326 g/mol. The van der Waals surface area contributed by atoms with Crippen molar-refractivity contribution in [2.45, 2.75) is 64.9 Å². The lowest BCUT2D eigenvalue weighted by molar-refractivity contribution is -0.168. The van der Waals surface area contributed by atoms with Crippen molar-refractivity contribution in [2.24, 2.45) is 5.92 Å². The fraction of sp³-hybridized carbons (Fsp3) is 0.591. The molecular formula is C22H31NO3. The van der Waals surface area contributed by atoms with Crippen molar-refractivity contribution in [1.29, 1.82) is 0 Å². The van der Waals surface area contributed by atoms with E-state index in [1.807, 2.05) is 19.1 Å². The Hall–Kier alpha value is -1.99. The molecule has 1 aromatic carbocycles. The highest BCUT2D eigenvalue weighted by Crippen LogP contribution is 2.41. The Balaban J connectivity index is 2.58. The number of hydrogen-bond acceptors (Lipinski definition) is 3. The van der Waals surface area contributed by atoms with Crippen LogP contribution in [0.3, 0.4) is 0 Å². The van der Waals surface area contributed by atoms with Crippen LogP contribution in [0.1, 0.15) is 70.4 Å². The van der Waals surface area contributed by atoms with Crippen LogP contribution < -0.4 is 4.90 Å². The van der Waals surface area contributed by atoms with E-state index in [2.05, 4.69) is 30.6 Å². The minimum atomic E-state index is -1.88. The van der Waals surface area contributed by atoms with Crippen molar-refractivity contribution in [3.63, 3.8) is 0 Å². The van der Waals surface area contributed by atoms with Gasteiger partial charge in [0.2, 0.25) is 0 Å². The van der Waals surface area contributed by atoms with Gasteiger partial charge in [0.15, 0.2) is 5.60 Å². The molecule has 0 amide bonds. The van der Waals surface area contributed by atoms with Crippen molar-refractivity contribution >= 4 is 11.7 Å². The second kappa shape index (κ2) is 9.09. The molecule has 0 heterocycles. The summed E-state index contributed by atoms with van der Waals surface area (Å²) in [7, 11) is 0. The molecule has 142 valence electrons. The SMILES string of the molecule is CCC#Cc1cc(N(CC)CC)ccc1[C@](O)(C(=O)O)C1CCCCC1. The smallest absolute Gasteiger partial charge is 0.340 e. The van der Waals surface area contributed by atoms with Gasteiger partial charge in [-0.1, -0.05) is 44.1 Å². The summed E-state index contributed by atoms with van der Waals surface area (Å²) in [6.07, 6.45) is 5.20. The normalized spacial score (nSPS) is 17.1. The van der Waals surface area contributed by atoms with Crippen LogP contribution in [0, 0.1) is 17.8 Å². The molecule has 1 saturated carbocycles. The van der Waals surface area contributed by atoms with E-state index < -0.39 is 11.6 Å². The van der Waals surface area contributed by atoms with Crippen LogP contribution in [0.4, 0.5) is 5.69 Å². The molecule has 0 bridgehead atoms. The first-order valence-corrected chi connectivity index (χ1v) is 9.83. The molecule has 0 aromatic heterocycles. The fourth-order valence-electron chi connectivity index (χ4n) is 3.97. The third-order valence-electron chi connectivity index (χ3n) is 5.46. The zero-order valence-corrected chi connectivity index (χ0v) is 16.2. The van der Waals surface area contributed by atoms with E-state index >= 15 is 0 Å². The second-order valence-electron chi connectivity index (χ2n) is 6.96. The summed E-state index contributed by atoms with van der Waals surface area (Å²) in [4.78, 5) is 14.4. The molecule has 4 heteroatoms. The zero-order valence-electron chi connectivity index (χ0n) is 16.2. The Morgan fingerprint density at radius 3 is 2.38 bits per heavy atom. The van der Waals surface area contributed by atoms with Crippen LogP contribution >= 0.6 is 0 Å². The monoisotopic (exact) mass is 357 g/mol. The standard InChI is InChI=1S/C22H31NO3/c1-4-7-11-17-16-19(23(5-2)6-3)14-15-20(17)22(26,21(24)25)18-12-9-8-10-13-18/h14-16,18,26H,4-6,8-10,12-13H2,1-3H3,(H,24,25)/t22-/m0/s1. The van der Waals surface area contributed by atoms with Gasteiger partial charge in [-0.05, 0) is 38.8 Å². The lowest BCUT2D eigenvalue weighted by Crippen LogP contribution is -2.44. The topological polar surface area (TPSA) is 60.8 Å². The summed E-state index contributed by atoms with van der Waals surface area (Å²) in [5.41, 5.74) is 0.205. The minimum absolute atomic E-state index is 0.268. The van der Waals surface area contributed by atoms with Gasteiger partial charge in [-0.15, -0.1) is 0 Å². The van der Waals surface area contributed by atoms with E-state index in [0.717, 1.165) is 50.9 Å². The van der Waals surface area contributed by atoms with Crippen LogP contribution in [-0.2, 0) is 10.4 Å². The first-order valence-electron chi connectivity index (χ1n) is 9.83. The van der Waals surface area contributed by atoms with E-state index in [-0.39, 0.29) is 5.92 Å². The first kappa shape index (κ1) is 20.3. The van der Waals surface area contributed by atoms with Crippen LogP contribution in [0.2, 0.25) is 0 Å². The summed E-state index contributed by atoms with van der Waals surface area (Å²) in [6.45, 7) is 7.87. The third-order valence-corrected chi connectivity index (χ3v) is 5.46. The maximum absolute atomic E-state index is 12.2. The minimum Gasteiger partial charge on any atom is -0.479 e. The number of rotatable bonds is 6. The Labute approximate surface area is 157 Å². The van der Waals surface area contributed by atoms with Gasteiger partial charge in [0, 0.05) is 42.2 Å². The Morgan fingerprint density at radius 1 is 1.19 bits per heavy atom. The van der Waals surface area contributed by atoms with Crippen LogP contribution in [-0.4, -0.2) is 29.3 Å². The second-order valence-corrected chi connectivity index (χ2v) is 6.96. The van der Waals surface area contributed by atoms with E-state index in [9.17, 15) is 15.0 Å². The summed E-state index contributed by atoms with van der Waals surface area (Å²) in [6, 6.07) is 5.62. The van der Waals surface area contributed by atoms with Crippen molar-refractivity contribution in [2.75, 3.05) is 18.0 Å². The highest BCUT2D eigenvalue weighted by atomic mass is 16.4. The molecule has 0 spiro atoms. The van der Waals surface area contributed by atoms with Crippen LogP contribution in [0.15, 0.2) is 18.2 Å². The summed E-state index contributed by atoms with van der Waals surface area (Å²) < 4.78 is 0. The summed E-state index contributed by atoms with van der Waals surface area (Å²) >= 11 is 0. The van der Waals surface area contributed by atoms with Gasteiger partial charge >= 0.3 is 5.97 Å². The summed E-state index contributed by atoms with van der Waals surface area (Å²) in [5.74, 6) is 4.72. The van der Waals surface area contributed by atoms with Crippen molar-refractivity contribution in [3.8, 4) is 11.8 Å². The number of hydrogen-bond donors (Lipinski definition) is 2. The van der Waals surface area contributed by atoms with E-state index in [1.165, 1.54) is 0 Å². The zero-order chi connectivity index (χ0) is 19.2. The molecule has 1 atom stereocenters. The Bertz CT molecular complexity index is 678. The molecule has 4 nitrogen and oxygen atoms in total. The van der Waals surface area contributed by atoms with Crippen LogP contribution in [0.25, 0.3) is 0 Å². The maximum Gasteiger partial charge on any atom is 0.340 e. The highest BCUT2D eigenvalue weighted by Gasteiger charge is 2.47. The molecule has 0 unspecified atom stereocenters. The number of aliphatic carboxylic acids is 1. The number of benzene rings is 1. The van der Waals surface area contributed by atoms with Crippen molar-refractivity contribution in [1.82, 2.24) is 0 Å². The summed E-state index contributed by atoms with van der Waals surface area (Å²) in [5, 5.41) is 21.3. The van der Waals surface area contributed by atoms with E-state index in [4.69, 9.17) is 0 Å². The molecule has 1 fully saturated rings. The van der Waals surface area contributed by atoms with Gasteiger partial charge < -0.3 is 15.1 Å². The molecule has 26 heavy (non-hydrogen) atoms. The maximum atomic E-state index is 12.2. The Morgan fingerprint density at radius 2 is 1.85 bits per heavy atom. The van der Waals surface area contributed by atoms with E-state index in [1.54, 1.807) is 6.07 Å². The van der Waals surface area contributed by atoms with Crippen LogP contribution in [0.5, 0.6) is 0 Å². The molecule has 0 radical (unpaired) electrons. The van der Waals surface area contributed by atoms with Gasteiger partial charge in [0.25, 0.3) is 0 Å². The Kier molecular flexibility index (Phi) is 7.11. The van der Waals surface area contributed by atoms with Crippen molar-refractivity contribution < 1.29 is 15.0 Å². The number of carboxylic acids is 1. The molecule has 2 N–H and O–H groups in total. The lowest BCUT2D eigenvalue weighted by atomic mass is 9.72. The number of anilines is 1. The fourth-order valence-corrected chi connectivity index (χ4v) is 3.97. The molecule has 0 saturated heterocycles. The third kappa shape index (κ3) is 4.04. The highest BCUT2D eigenvalue weighted by molar-refractivity contribution is 5.81. The van der Waals surface area contributed by atoms with Gasteiger partial charge in [-0.2, -0.15) is 0 Å². The average Bonchev–Trinajstić information content (AvgIpc) is 2.67. The van der Waals surface area contributed by atoms with Gasteiger partial charge in [0.05, 0.1) is 0 Å². The van der Waals surface area contributed by atoms with Crippen molar-refractivity contribution in [3.05, 3.63) is 29.3 Å². The quantitative estimate of drug-likeness (QED) is 0.751. The largest absolute Gasteiger partial charge is 0.479 e. The lowest BCUT2D eigenvalue weighted by Gasteiger charge is -2.36.